The molecule has 0 unspecified atom stereocenters. The molecule has 0 radical (unpaired) electrons. The molecule has 0 heterocycles. The van der Waals surface area contributed by atoms with Crippen molar-refractivity contribution in [3.8, 4) is 11.5 Å². The number of aliphatic carboxylic acids is 1. The van der Waals surface area contributed by atoms with Crippen molar-refractivity contribution >= 4 is 28.4 Å². The number of fused-ring (bicyclic) bond motifs is 1. The van der Waals surface area contributed by atoms with Crippen molar-refractivity contribution < 1.29 is 19.7 Å². The van der Waals surface area contributed by atoms with Crippen LogP contribution >= 0.6 is 0 Å². The number of phenolic OH excluding ortho intramolecular Hbond substituents is 1. The Balaban J connectivity index is 2.15. The first-order valence-electron chi connectivity index (χ1n) is 7.99. The molecule has 0 aliphatic carbocycles. The van der Waals surface area contributed by atoms with Crippen LogP contribution in [0.3, 0.4) is 0 Å². The largest absolute Gasteiger partial charge is 0.504 e. The van der Waals surface area contributed by atoms with E-state index in [0.717, 1.165) is 10.8 Å². The maximum atomic E-state index is 11.9. The fourth-order valence-electron chi connectivity index (χ4n) is 2.77. The Hall–Kier alpha value is -3.27. The first-order valence-corrected chi connectivity index (χ1v) is 7.99. The molecule has 0 saturated carbocycles. The van der Waals surface area contributed by atoms with Crippen LogP contribution in [0.15, 0.2) is 60.7 Å². The minimum atomic E-state index is -1.01. The molecule has 0 atom stereocenters. The van der Waals surface area contributed by atoms with E-state index in [1.54, 1.807) is 24.3 Å². The van der Waals surface area contributed by atoms with Crippen molar-refractivity contribution in [1.82, 2.24) is 0 Å². The maximum absolute atomic E-state index is 11.9. The minimum absolute atomic E-state index is 0.0287. The standard InChI is InChI=1S/C21H18O4/c1-2-25-20-13-14(10-11-19(20)22)12-18(21(23)24)17-9-5-7-15-6-3-4-8-16(15)17/h3-13,22H,2H2,1H3,(H,23,24)/b18-12-. The van der Waals surface area contributed by atoms with Crippen molar-refractivity contribution in [2.24, 2.45) is 0 Å². The Bertz CT molecular complexity index is 952. The lowest BCUT2D eigenvalue weighted by Crippen LogP contribution is -2.00. The van der Waals surface area contributed by atoms with Crippen LogP contribution in [0, 0.1) is 0 Å². The van der Waals surface area contributed by atoms with Gasteiger partial charge in [0, 0.05) is 0 Å². The van der Waals surface area contributed by atoms with Gasteiger partial charge in [-0.25, -0.2) is 4.79 Å². The van der Waals surface area contributed by atoms with E-state index >= 15 is 0 Å². The average Bonchev–Trinajstić information content (AvgIpc) is 2.62. The number of carboxylic acids is 1. The SMILES string of the molecule is CCOc1cc(/C=C(\C(=O)O)c2cccc3ccccc23)ccc1O. The van der Waals surface area contributed by atoms with Crippen molar-refractivity contribution in [3.63, 3.8) is 0 Å². The molecular formula is C21H18O4. The summed E-state index contributed by atoms with van der Waals surface area (Å²) < 4.78 is 5.37. The summed E-state index contributed by atoms with van der Waals surface area (Å²) in [5.41, 5.74) is 1.48. The first kappa shape index (κ1) is 16.6. The molecular weight excluding hydrogens is 316 g/mol. The summed E-state index contributed by atoms with van der Waals surface area (Å²) in [6.07, 6.45) is 1.59. The number of hydrogen-bond donors (Lipinski definition) is 2. The number of carboxylic acid groups (broad SMARTS) is 1. The van der Waals surface area contributed by atoms with Gasteiger partial charge in [-0.15, -0.1) is 0 Å². The highest BCUT2D eigenvalue weighted by molar-refractivity contribution is 6.23. The summed E-state index contributed by atoms with van der Waals surface area (Å²) in [7, 11) is 0. The topological polar surface area (TPSA) is 66.8 Å². The van der Waals surface area contributed by atoms with E-state index < -0.39 is 5.97 Å². The lowest BCUT2D eigenvalue weighted by Gasteiger charge is -2.09. The van der Waals surface area contributed by atoms with Crippen molar-refractivity contribution in [1.29, 1.82) is 0 Å². The first-order chi connectivity index (χ1) is 12.1. The predicted octanol–water partition coefficient (Wildman–Crippen LogP) is 4.57. The van der Waals surface area contributed by atoms with Gasteiger partial charge in [-0.05, 0) is 47.0 Å². The Morgan fingerprint density at radius 1 is 1.08 bits per heavy atom. The minimum Gasteiger partial charge on any atom is -0.504 e. The molecule has 0 bridgehead atoms. The second-order valence-corrected chi connectivity index (χ2v) is 5.55. The van der Waals surface area contributed by atoms with Gasteiger partial charge in [0.25, 0.3) is 0 Å². The second kappa shape index (κ2) is 7.09. The Morgan fingerprint density at radius 2 is 1.84 bits per heavy atom. The van der Waals surface area contributed by atoms with Crippen LogP contribution < -0.4 is 4.74 Å². The van der Waals surface area contributed by atoms with Gasteiger partial charge in [0.15, 0.2) is 11.5 Å². The van der Waals surface area contributed by atoms with Crippen LogP contribution in [-0.4, -0.2) is 22.8 Å². The van der Waals surface area contributed by atoms with E-state index in [4.69, 9.17) is 4.74 Å². The van der Waals surface area contributed by atoms with Crippen LogP contribution in [-0.2, 0) is 4.79 Å². The lowest BCUT2D eigenvalue weighted by atomic mass is 9.96. The summed E-state index contributed by atoms with van der Waals surface area (Å²) in [4.78, 5) is 11.9. The molecule has 4 heteroatoms. The van der Waals surface area contributed by atoms with E-state index in [1.807, 2.05) is 43.3 Å². The second-order valence-electron chi connectivity index (χ2n) is 5.55. The molecule has 0 aliphatic heterocycles. The lowest BCUT2D eigenvalue weighted by molar-refractivity contribution is -0.130. The van der Waals surface area contributed by atoms with Crippen molar-refractivity contribution in [2.75, 3.05) is 6.61 Å². The fourth-order valence-corrected chi connectivity index (χ4v) is 2.77. The third-order valence-electron chi connectivity index (χ3n) is 3.90. The van der Waals surface area contributed by atoms with E-state index in [9.17, 15) is 15.0 Å². The van der Waals surface area contributed by atoms with E-state index in [0.29, 0.717) is 23.5 Å². The summed E-state index contributed by atoms with van der Waals surface area (Å²) in [5, 5.41) is 21.4. The number of carbonyl (C=O) groups is 1. The van der Waals surface area contributed by atoms with Gasteiger partial charge in [0.1, 0.15) is 0 Å². The summed E-state index contributed by atoms with van der Waals surface area (Å²) in [6, 6.07) is 18.0. The number of hydrogen-bond acceptors (Lipinski definition) is 3. The summed E-state index contributed by atoms with van der Waals surface area (Å²) >= 11 is 0. The summed E-state index contributed by atoms with van der Waals surface area (Å²) in [5.74, 6) is -0.651. The number of aromatic hydroxyl groups is 1. The highest BCUT2D eigenvalue weighted by atomic mass is 16.5. The molecule has 3 aromatic rings. The maximum Gasteiger partial charge on any atom is 0.336 e. The van der Waals surface area contributed by atoms with Gasteiger partial charge in [-0.3, -0.25) is 0 Å². The van der Waals surface area contributed by atoms with Gasteiger partial charge in [0.2, 0.25) is 0 Å². The molecule has 0 spiro atoms. The van der Waals surface area contributed by atoms with Gasteiger partial charge in [0.05, 0.1) is 12.2 Å². The molecule has 0 fully saturated rings. The molecule has 4 nitrogen and oxygen atoms in total. The normalized spacial score (nSPS) is 11.5. The predicted molar refractivity (Wildman–Crippen MR) is 98.7 cm³/mol. The number of benzene rings is 3. The zero-order chi connectivity index (χ0) is 17.8. The molecule has 126 valence electrons. The number of rotatable bonds is 5. The van der Waals surface area contributed by atoms with Crippen LogP contribution in [0.1, 0.15) is 18.1 Å². The van der Waals surface area contributed by atoms with Gasteiger partial charge >= 0.3 is 5.97 Å². The zero-order valence-corrected chi connectivity index (χ0v) is 13.8. The highest BCUT2D eigenvalue weighted by Crippen LogP contribution is 2.31. The molecule has 3 aromatic carbocycles. The van der Waals surface area contributed by atoms with E-state index in [1.165, 1.54) is 6.07 Å². The summed E-state index contributed by atoms with van der Waals surface area (Å²) in [6.45, 7) is 2.23. The molecule has 2 N–H and O–H groups in total. The Morgan fingerprint density at radius 3 is 2.60 bits per heavy atom. The van der Waals surface area contributed by atoms with Gasteiger partial charge in [-0.1, -0.05) is 48.5 Å². The molecule has 0 amide bonds. The monoisotopic (exact) mass is 334 g/mol. The number of ether oxygens (including phenoxy) is 1. The Kier molecular flexibility index (Phi) is 4.70. The van der Waals surface area contributed by atoms with Crippen LogP contribution in [0.5, 0.6) is 11.5 Å². The third-order valence-corrected chi connectivity index (χ3v) is 3.90. The van der Waals surface area contributed by atoms with Crippen molar-refractivity contribution in [3.05, 3.63) is 71.8 Å². The highest BCUT2D eigenvalue weighted by Gasteiger charge is 2.14. The molecule has 0 saturated heterocycles. The molecule has 0 aliphatic rings. The number of phenols is 1. The molecule has 3 rings (SSSR count). The third kappa shape index (κ3) is 3.48. The van der Waals surface area contributed by atoms with Crippen LogP contribution in [0.4, 0.5) is 0 Å². The van der Waals surface area contributed by atoms with Crippen LogP contribution in [0.25, 0.3) is 22.4 Å². The van der Waals surface area contributed by atoms with Crippen LogP contribution in [0.2, 0.25) is 0 Å². The van der Waals surface area contributed by atoms with E-state index in [2.05, 4.69) is 0 Å². The van der Waals surface area contributed by atoms with Crippen molar-refractivity contribution in [2.45, 2.75) is 6.92 Å². The quantitative estimate of drug-likeness (QED) is 0.530. The van der Waals surface area contributed by atoms with Gasteiger partial charge in [-0.2, -0.15) is 0 Å². The van der Waals surface area contributed by atoms with Gasteiger partial charge < -0.3 is 14.9 Å². The average molecular weight is 334 g/mol. The van der Waals surface area contributed by atoms with E-state index in [-0.39, 0.29) is 11.3 Å². The zero-order valence-electron chi connectivity index (χ0n) is 13.8. The molecule has 25 heavy (non-hydrogen) atoms. The Labute approximate surface area is 145 Å². The smallest absolute Gasteiger partial charge is 0.336 e. The molecule has 0 aromatic heterocycles. The fraction of sp³-hybridized carbons (Fsp3) is 0.0952.